The molecule has 0 spiro atoms. The Kier molecular flexibility index (Phi) is 2.61. The molecule has 0 fully saturated rings. The van der Waals surface area contributed by atoms with Crippen molar-refractivity contribution in [1.29, 1.82) is 0 Å². The smallest absolute Gasteiger partial charge is 0.127 e. The van der Waals surface area contributed by atoms with Gasteiger partial charge in [-0.25, -0.2) is 4.98 Å². The van der Waals surface area contributed by atoms with Gasteiger partial charge in [0.15, 0.2) is 0 Å². The first kappa shape index (κ1) is 11.9. The molecule has 0 bridgehead atoms. The fourth-order valence-corrected chi connectivity index (χ4v) is 2.15. The monoisotopic (exact) mass is 228 g/mol. The second-order valence-corrected chi connectivity index (χ2v) is 5.77. The van der Waals surface area contributed by atoms with E-state index in [0.717, 1.165) is 11.1 Å². The summed E-state index contributed by atoms with van der Waals surface area (Å²) in [6.45, 7) is 10.7. The molecule has 0 aliphatic heterocycles. The van der Waals surface area contributed by atoms with Gasteiger partial charge >= 0.3 is 0 Å². The summed E-state index contributed by atoms with van der Waals surface area (Å²) in [5, 5.41) is 1.21. The summed E-state index contributed by atoms with van der Waals surface area (Å²) in [5.74, 6) is 0.652. The van der Waals surface area contributed by atoms with Crippen LogP contribution >= 0.6 is 0 Å². The Labute approximate surface area is 103 Å². The Balaban J connectivity index is 2.85. The number of hydrogen-bond acceptors (Lipinski definition) is 2. The lowest BCUT2D eigenvalue weighted by molar-refractivity contribution is 0.591. The van der Waals surface area contributed by atoms with Crippen LogP contribution in [0.15, 0.2) is 18.2 Å². The molecule has 90 valence electrons. The minimum Gasteiger partial charge on any atom is -0.383 e. The van der Waals surface area contributed by atoms with Crippen molar-refractivity contribution in [2.45, 2.75) is 40.0 Å². The number of nitrogen functional groups attached to an aromatic ring is 1. The molecule has 2 aromatic rings. The number of benzene rings is 1. The van der Waals surface area contributed by atoms with Crippen molar-refractivity contribution in [3.63, 3.8) is 0 Å². The summed E-state index contributed by atoms with van der Waals surface area (Å²) in [7, 11) is 0. The fraction of sp³-hybridized carbons (Fsp3) is 0.400. The largest absolute Gasteiger partial charge is 0.383 e. The molecule has 1 heterocycles. The second-order valence-electron chi connectivity index (χ2n) is 5.77. The minimum atomic E-state index is 0.0292. The molecule has 2 N–H and O–H groups in total. The van der Waals surface area contributed by atoms with Crippen molar-refractivity contribution in [3.05, 3.63) is 34.9 Å². The lowest BCUT2D eigenvalue weighted by Crippen LogP contribution is -2.15. The van der Waals surface area contributed by atoms with Crippen LogP contribution in [0.3, 0.4) is 0 Å². The zero-order chi connectivity index (χ0) is 12.8. The van der Waals surface area contributed by atoms with Gasteiger partial charge in [-0.15, -0.1) is 0 Å². The third kappa shape index (κ3) is 1.99. The molecule has 0 aliphatic rings. The maximum atomic E-state index is 6.08. The molecular weight excluding hydrogens is 208 g/mol. The van der Waals surface area contributed by atoms with E-state index in [0.29, 0.717) is 5.82 Å². The van der Waals surface area contributed by atoms with Crippen LogP contribution in [0.25, 0.3) is 10.9 Å². The lowest BCUT2D eigenvalue weighted by Gasteiger charge is -2.21. The average molecular weight is 228 g/mol. The van der Waals surface area contributed by atoms with Gasteiger partial charge < -0.3 is 5.73 Å². The summed E-state index contributed by atoms with van der Waals surface area (Å²) in [6.07, 6.45) is 0. The average Bonchev–Trinajstić information content (AvgIpc) is 2.21. The van der Waals surface area contributed by atoms with E-state index in [2.05, 4.69) is 57.8 Å². The zero-order valence-electron chi connectivity index (χ0n) is 11.3. The van der Waals surface area contributed by atoms with Crippen LogP contribution in [0, 0.1) is 13.8 Å². The van der Waals surface area contributed by atoms with Gasteiger partial charge in [-0.05, 0) is 36.5 Å². The number of hydrogen-bond donors (Lipinski definition) is 1. The van der Waals surface area contributed by atoms with E-state index >= 15 is 0 Å². The zero-order valence-corrected chi connectivity index (χ0v) is 11.3. The molecule has 0 saturated carbocycles. The van der Waals surface area contributed by atoms with Gasteiger partial charge in [0.05, 0.1) is 5.52 Å². The molecule has 2 nitrogen and oxygen atoms in total. The number of pyridine rings is 1. The molecule has 17 heavy (non-hydrogen) atoms. The van der Waals surface area contributed by atoms with E-state index in [9.17, 15) is 0 Å². The Hall–Kier alpha value is -1.57. The van der Waals surface area contributed by atoms with Gasteiger partial charge in [0.2, 0.25) is 0 Å². The van der Waals surface area contributed by atoms with E-state index in [1.165, 1.54) is 16.5 Å². The standard InChI is InChI=1S/C15H20N2/c1-9-6-7-10(2)13-11(9)8-12(14(16)17-13)15(3,4)5/h6-8H,1-5H3,(H2,16,17). The maximum absolute atomic E-state index is 6.08. The van der Waals surface area contributed by atoms with Gasteiger partial charge in [0, 0.05) is 10.9 Å². The topological polar surface area (TPSA) is 38.9 Å². The van der Waals surface area contributed by atoms with E-state index in [-0.39, 0.29) is 5.41 Å². The number of aromatic nitrogens is 1. The quantitative estimate of drug-likeness (QED) is 0.746. The molecule has 1 aromatic heterocycles. The Morgan fingerprint density at radius 1 is 1.06 bits per heavy atom. The molecule has 0 amide bonds. The van der Waals surface area contributed by atoms with Crippen LogP contribution in [0.5, 0.6) is 0 Å². The molecule has 0 radical (unpaired) electrons. The van der Waals surface area contributed by atoms with E-state index in [1.54, 1.807) is 0 Å². The molecule has 0 atom stereocenters. The molecule has 2 heteroatoms. The highest BCUT2D eigenvalue weighted by molar-refractivity contribution is 5.87. The third-order valence-corrected chi connectivity index (χ3v) is 3.24. The first-order valence-corrected chi connectivity index (χ1v) is 5.97. The molecule has 1 aromatic carbocycles. The summed E-state index contributed by atoms with van der Waals surface area (Å²) >= 11 is 0. The summed E-state index contributed by atoms with van der Waals surface area (Å²) in [5.41, 5.74) is 10.7. The summed E-state index contributed by atoms with van der Waals surface area (Å²) in [4.78, 5) is 4.58. The van der Waals surface area contributed by atoms with Gasteiger partial charge in [0.25, 0.3) is 0 Å². The Morgan fingerprint density at radius 2 is 1.65 bits per heavy atom. The van der Waals surface area contributed by atoms with Gasteiger partial charge in [-0.2, -0.15) is 0 Å². The normalized spacial score (nSPS) is 12.1. The van der Waals surface area contributed by atoms with E-state index < -0.39 is 0 Å². The van der Waals surface area contributed by atoms with Gasteiger partial charge in [-0.1, -0.05) is 32.9 Å². The lowest BCUT2D eigenvalue weighted by atomic mass is 9.86. The van der Waals surface area contributed by atoms with Crippen LogP contribution in [-0.4, -0.2) is 4.98 Å². The van der Waals surface area contributed by atoms with Crippen molar-refractivity contribution in [3.8, 4) is 0 Å². The predicted octanol–water partition coefficient (Wildman–Crippen LogP) is 3.73. The number of fused-ring (bicyclic) bond motifs is 1. The number of aryl methyl sites for hydroxylation is 2. The van der Waals surface area contributed by atoms with Crippen LogP contribution in [0.2, 0.25) is 0 Å². The van der Waals surface area contributed by atoms with Gasteiger partial charge in [-0.3, -0.25) is 0 Å². The van der Waals surface area contributed by atoms with Crippen molar-refractivity contribution < 1.29 is 0 Å². The summed E-state index contributed by atoms with van der Waals surface area (Å²) < 4.78 is 0. The van der Waals surface area contributed by atoms with Crippen molar-refractivity contribution in [2.75, 3.05) is 5.73 Å². The first-order valence-electron chi connectivity index (χ1n) is 5.97. The van der Waals surface area contributed by atoms with Gasteiger partial charge in [0.1, 0.15) is 5.82 Å². The molecule has 0 aliphatic carbocycles. The second kappa shape index (κ2) is 3.73. The SMILES string of the molecule is Cc1ccc(C)c2nc(N)c(C(C)(C)C)cc12. The highest BCUT2D eigenvalue weighted by Crippen LogP contribution is 2.31. The number of anilines is 1. The first-order chi connectivity index (χ1) is 7.80. The Bertz CT molecular complexity index is 577. The van der Waals surface area contributed by atoms with Crippen molar-refractivity contribution >= 4 is 16.7 Å². The van der Waals surface area contributed by atoms with Crippen molar-refractivity contribution in [2.24, 2.45) is 0 Å². The van der Waals surface area contributed by atoms with Crippen molar-refractivity contribution in [1.82, 2.24) is 4.98 Å². The molecule has 0 unspecified atom stereocenters. The predicted molar refractivity (Wildman–Crippen MR) is 74.3 cm³/mol. The fourth-order valence-electron chi connectivity index (χ4n) is 2.15. The molecule has 0 saturated heterocycles. The third-order valence-electron chi connectivity index (χ3n) is 3.24. The van der Waals surface area contributed by atoms with Crippen LogP contribution < -0.4 is 5.73 Å². The molecule has 2 rings (SSSR count). The maximum Gasteiger partial charge on any atom is 0.127 e. The summed E-state index contributed by atoms with van der Waals surface area (Å²) in [6, 6.07) is 6.43. The highest BCUT2D eigenvalue weighted by atomic mass is 14.8. The Morgan fingerprint density at radius 3 is 2.24 bits per heavy atom. The number of nitrogens with two attached hydrogens (primary N) is 1. The molecular formula is C15H20N2. The van der Waals surface area contributed by atoms with Crippen LogP contribution in [0.4, 0.5) is 5.82 Å². The van der Waals surface area contributed by atoms with Crippen LogP contribution in [-0.2, 0) is 5.41 Å². The van der Waals surface area contributed by atoms with E-state index in [1.807, 2.05) is 0 Å². The highest BCUT2D eigenvalue weighted by Gasteiger charge is 2.19. The number of nitrogens with zero attached hydrogens (tertiary/aromatic N) is 1. The van der Waals surface area contributed by atoms with E-state index in [4.69, 9.17) is 5.73 Å². The minimum absolute atomic E-state index is 0.0292. The van der Waals surface area contributed by atoms with Crippen LogP contribution in [0.1, 0.15) is 37.5 Å². The number of rotatable bonds is 0.